The fourth-order valence-electron chi connectivity index (χ4n) is 2.86. The monoisotopic (exact) mass is 353 g/mol. The molecule has 0 radical (unpaired) electrons. The number of carbonyl (C=O) groups excluding carboxylic acids is 1. The van der Waals surface area contributed by atoms with Gasteiger partial charge in [-0.1, -0.05) is 22.0 Å². The van der Waals surface area contributed by atoms with Crippen molar-refractivity contribution in [3.63, 3.8) is 0 Å². The number of urea groups is 1. The van der Waals surface area contributed by atoms with Gasteiger partial charge in [0.05, 0.1) is 11.6 Å². The molecule has 0 bridgehead atoms. The summed E-state index contributed by atoms with van der Waals surface area (Å²) in [6.45, 7) is 3.86. The first-order valence-electron chi connectivity index (χ1n) is 6.83. The predicted octanol–water partition coefficient (Wildman–Crippen LogP) is 1.36. The number of benzene rings is 1. The van der Waals surface area contributed by atoms with E-state index in [4.69, 9.17) is 5.11 Å². The normalized spacial score (nSPS) is 22.0. The third kappa shape index (κ3) is 2.89. The molecule has 1 aromatic rings. The van der Waals surface area contributed by atoms with Crippen molar-refractivity contribution < 1.29 is 14.7 Å². The van der Waals surface area contributed by atoms with Crippen LogP contribution in [0.4, 0.5) is 4.79 Å². The van der Waals surface area contributed by atoms with Crippen molar-refractivity contribution in [3.8, 4) is 0 Å². The van der Waals surface area contributed by atoms with Crippen molar-refractivity contribution in [2.45, 2.75) is 12.6 Å². The Kier molecular flexibility index (Phi) is 3.86. The number of rotatable bonds is 3. The summed E-state index contributed by atoms with van der Waals surface area (Å²) in [5, 5.41) is 11.8. The Morgan fingerprint density at radius 1 is 1.43 bits per heavy atom. The fraction of sp³-hybridized carbons (Fsp3) is 0.429. The number of aromatic carboxylic acids is 1. The van der Waals surface area contributed by atoms with Gasteiger partial charge < -0.3 is 15.3 Å². The lowest BCUT2D eigenvalue weighted by Crippen LogP contribution is -2.51. The van der Waals surface area contributed by atoms with Gasteiger partial charge in [0.2, 0.25) is 0 Å². The zero-order valence-corrected chi connectivity index (χ0v) is 13.0. The minimum absolute atomic E-state index is 0.0339. The number of nitrogens with one attached hydrogen (secondary N) is 1. The molecule has 6 nitrogen and oxygen atoms in total. The van der Waals surface area contributed by atoms with Gasteiger partial charge in [-0.25, -0.2) is 9.59 Å². The van der Waals surface area contributed by atoms with Crippen LogP contribution in [-0.2, 0) is 6.54 Å². The van der Waals surface area contributed by atoms with Crippen LogP contribution < -0.4 is 5.32 Å². The van der Waals surface area contributed by atoms with Crippen LogP contribution in [0.25, 0.3) is 0 Å². The maximum atomic E-state index is 11.6. The quantitative estimate of drug-likeness (QED) is 0.860. The van der Waals surface area contributed by atoms with Crippen molar-refractivity contribution in [1.82, 2.24) is 15.1 Å². The van der Waals surface area contributed by atoms with Gasteiger partial charge in [0.1, 0.15) is 0 Å². The Hall–Kier alpha value is -1.60. The number of hydrogen-bond acceptors (Lipinski definition) is 3. The smallest absolute Gasteiger partial charge is 0.335 e. The SMILES string of the molecule is O=C(O)c1ccc(CN2CCN3C(=O)NCC3C2)c(Br)c1. The van der Waals surface area contributed by atoms with Gasteiger partial charge in [0, 0.05) is 37.2 Å². The van der Waals surface area contributed by atoms with E-state index in [1.165, 1.54) is 0 Å². The van der Waals surface area contributed by atoms with Crippen molar-refractivity contribution in [2.75, 3.05) is 26.2 Å². The molecular formula is C14H16BrN3O3. The molecule has 2 N–H and O–H groups in total. The highest BCUT2D eigenvalue weighted by atomic mass is 79.9. The van der Waals surface area contributed by atoms with Crippen LogP contribution in [0.2, 0.25) is 0 Å². The van der Waals surface area contributed by atoms with Gasteiger partial charge in [-0.05, 0) is 17.7 Å². The van der Waals surface area contributed by atoms with Crippen molar-refractivity contribution in [3.05, 3.63) is 33.8 Å². The molecule has 0 spiro atoms. The van der Waals surface area contributed by atoms with E-state index in [0.29, 0.717) is 6.54 Å². The molecule has 0 saturated carbocycles. The second kappa shape index (κ2) is 5.65. The summed E-state index contributed by atoms with van der Waals surface area (Å²) in [7, 11) is 0. The number of fused-ring (bicyclic) bond motifs is 1. The first-order valence-corrected chi connectivity index (χ1v) is 7.62. The first-order chi connectivity index (χ1) is 10.0. The summed E-state index contributed by atoms with van der Waals surface area (Å²) in [5.74, 6) is -0.925. The van der Waals surface area contributed by atoms with Gasteiger partial charge in [0.15, 0.2) is 0 Å². The second-order valence-corrected chi connectivity index (χ2v) is 6.23. The minimum atomic E-state index is -0.925. The van der Waals surface area contributed by atoms with Crippen LogP contribution in [0.5, 0.6) is 0 Å². The van der Waals surface area contributed by atoms with Gasteiger partial charge in [-0.3, -0.25) is 4.90 Å². The van der Waals surface area contributed by atoms with E-state index in [-0.39, 0.29) is 17.6 Å². The lowest BCUT2D eigenvalue weighted by Gasteiger charge is -2.36. The van der Waals surface area contributed by atoms with E-state index < -0.39 is 5.97 Å². The van der Waals surface area contributed by atoms with Gasteiger partial charge >= 0.3 is 12.0 Å². The summed E-state index contributed by atoms with van der Waals surface area (Å²) in [6.07, 6.45) is 0. The Labute approximate surface area is 130 Å². The van der Waals surface area contributed by atoms with E-state index in [1.807, 2.05) is 11.0 Å². The summed E-state index contributed by atoms with van der Waals surface area (Å²) in [6, 6.07) is 5.38. The van der Waals surface area contributed by atoms with Crippen molar-refractivity contribution in [1.29, 1.82) is 0 Å². The number of carbonyl (C=O) groups is 2. The molecule has 1 aromatic carbocycles. The van der Waals surface area contributed by atoms with Gasteiger partial charge in [-0.15, -0.1) is 0 Å². The van der Waals surface area contributed by atoms with Gasteiger partial charge in [0.25, 0.3) is 0 Å². The average Bonchev–Trinajstić information content (AvgIpc) is 2.82. The van der Waals surface area contributed by atoms with Crippen LogP contribution in [0.1, 0.15) is 15.9 Å². The second-order valence-electron chi connectivity index (χ2n) is 5.38. The molecule has 1 atom stereocenters. The first kappa shape index (κ1) is 14.3. The van der Waals surface area contributed by atoms with E-state index in [1.54, 1.807) is 12.1 Å². The zero-order valence-electron chi connectivity index (χ0n) is 11.4. The molecule has 2 saturated heterocycles. The third-order valence-electron chi connectivity index (χ3n) is 4.01. The molecule has 2 aliphatic heterocycles. The van der Waals surface area contributed by atoms with Crippen LogP contribution in [0.15, 0.2) is 22.7 Å². The Balaban J connectivity index is 1.67. The average molecular weight is 354 g/mol. The number of carboxylic acids is 1. The fourth-order valence-corrected chi connectivity index (χ4v) is 3.37. The summed E-state index contributed by atoms with van der Waals surface area (Å²) in [5.41, 5.74) is 1.34. The number of amides is 2. The van der Waals surface area contributed by atoms with E-state index in [0.717, 1.165) is 36.2 Å². The molecule has 2 aliphatic rings. The van der Waals surface area contributed by atoms with E-state index in [2.05, 4.69) is 26.1 Å². The molecule has 112 valence electrons. The summed E-state index contributed by atoms with van der Waals surface area (Å²) >= 11 is 3.44. The molecule has 3 rings (SSSR count). The molecule has 2 fully saturated rings. The number of halogens is 1. The standard InChI is InChI=1S/C14H16BrN3O3/c15-12-5-9(13(19)20)1-2-10(12)7-17-3-4-18-11(8-17)6-16-14(18)21/h1-2,5,11H,3-4,6-8H2,(H,16,21)(H,19,20). The highest BCUT2D eigenvalue weighted by Gasteiger charge is 2.35. The Bertz CT molecular complexity index is 593. The maximum Gasteiger partial charge on any atom is 0.335 e. The number of piperazine rings is 1. The Morgan fingerprint density at radius 2 is 2.24 bits per heavy atom. The molecule has 0 aliphatic carbocycles. The highest BCUT2D eigenvalue weighted by Crippen LogP contribution is 2.22. The minimum Gasteiger partial charge on any atom is -0.478 e. The highest BCUT2D eigenvalue weighted by molar-refractivity contribution is 9.10. The topological polar surface area (TPSA) is 72.9 Å². The predicted molar refractivity (Wildman–Crippen MR) is 80.3 cm³/mol. The molecule has 7 heteroatoms. The lowest BCUT2D eigenvalue weighted by atomic mass is 10.1. The summed E-state index contributed by atoms with van der Waals surface area (Å²) < 4.78 is 0.811. The molecule has 2 amide bonds. The molecular weight excluding hydrogens is 338 g/mol. The van der Waals surface area contributed by atoms with Crippen LogP contribution in [0.3, 0.4) is 0 Å². The van der Waals surface area contributed by atoms with Crippen molar-refractivity contribution >= 4 is 27.9 Å². The number of hydrogen-bond donors (Lipinski definition) is 2. The zero-order chi connectivity index (χ0) is 15.0. The summed E-state index contributed by atoms with van der Waals surface area (Å²) in [4.78, 5) is 26.7. The lowest BCUT2D eigenvalue weighted by molar-refractivity contribution is 0.0696. The molecule has 0 aromatic heterocycles. The van der Waals surface area contributed by atoms with E-state index in [9.17, 15) is 9.59 Å². The molecule has 2 heterocycles. The van der Waals surface area contributed by atoms with Gasteiger partial charge in [-0.2, -0.15) is 0 Å². The maximum absolute atomic E-state index is 11.6. The molecule has 21 heavy (non-hydrogen) atoms. The molecule has 1 unspecified atom stereocenters. The van der Waals surface area contributed by atoms with E-state index >= 15 is 0 Å². The third-order valence-corrected chi connectivity index (χ3v) is 4.75. The van der Waals surface area contributed by atoms with Crippen molar-refractivity contribution in [2.24, 2.45) is 0 Å². The van der Waals surface area contributed by atoms with Crippen LogP contribution in [-0.4, -0.2) is 59.1 Å². The largest absolute Gasteiger partial charge is 0.478 e. The van der Waals surface area contributed by atoms with Crippen LogP contribution >= 0.6 is 15.9 Å². The number of carboxylic acid groups (broad SMARTS) is 1. The Morgan fingerprint density at radius 3 is 2.95 bits per heavy atom. The van der Waals surface area contributed by atoms with Crippen LogP contribution in [0, 0.1) is 0 Å². The number of nitrogens with zero attached hydrogens (tertiary/aromatic N) is 2.